The van der Waals surface area contributed by atoms with E-state index in [4.69, 9.17) is 14.2 Å². The molecule has 0 spiro atoms. The van der Waals surface area contributed by atoms with E-state index in [1.54, 1.807) is 41.5 Å². The molecule has 1 aliphatic heterocycles. The van der Waals surface area contributed by atoms with E-state index in [9.17, 15) is 22.8 Å². The Morgan fingerprint density at radius 3 is 1.97 bits per heavy atom. The molecule has 0 aromatic carbocycles. The fraction of sp³-hybridized carbons (Fsp3) is 0.550. The molecule has 0 radical (unpaired) electrons. The minimum atomic E-state index is -4.81. The molecular formula is C20H25F3N2O5. The van der Waals surface area contributed by atoms with Crippen LogP contribution >= 0.6 is 0 Å². The van der Waals surface area contributed by atoms with Gasteiger partial charge in [0.05, 0.1) is 24.1 Å². The molecule has 0 saturated carbocycles. The van der Waals surface area contributed by atoms with Gasteiger partial charge >= 0.3 is 18.4 Å². The first kappa shape index (κ1) is 23.5. The van der Waals surface area contributed by atoms with Crippen LogP contribution in [0.25, 0.3) is 5.76 Å². The zero-order valence-electron chi connectivity index (χ0n) is 17.7. The Labute approximate surface area is 172 Å². The van der Waals surface area contributed by atoms with Crippen LogP contribution in [0, 0.1) is 0 Å². The van der Waals surface area contributed by atoms with Gasteiger partial charge in [-0.2, -0.15) is 18.1 Å². The van der Waals surface area contributed by atoms with E-state index in [1.165, 1.54) is 6.08 Å². The van der Waals surface area contributed by atoms with Crippen molar-refractivity contribution in [1.29, 1.82) is 0 Å². The summed E-state index contributed by atoms with van der Waals surface area (Å²) in [5.74, 6) is -0.00467. The van der Waals surface area contributed by atoms with Crippen LogP contribution in [0.3, 0.4) is 0 Å². The monoisotopic (exact) mass is 430 g/mol. The van der Waals surface area contributed by atoms with Crippen molar-refractivity contribution in [3.05, 3.63) is 29.6 Å². The number of ether oxygens (including phenoxy) is 3. The van der Waals surface area contributed by atoms with Crippen LogP contribution in [0.15, 0.2) is 18.3 Å². The fourth-order valence-electron chi connectivity index (χ4n) is 2.47. The van der Waals surface area contributed by atoms with Crippen molar-refractivity contribution in [2.24, 2.45) is 0 Å². The van der Waals surface area contributed by atoms with E-state index in [0.29, 0.717) is 17.4 Å². The number of nitrogens with zero attached hydrogens (tertiary/aromatic N) is 2. The molecule has 2 heterocycles. The summed E-state index contributed by atoms with van der Waals surface area (Å²) in [5.41, 5.74) is -4.00. The number of hydrogen-bond donors (Lipinski definition) is 0. The Balaban J connectivity index is 2.56. The SMILES string of the molecule is CC(C)(C)OC(=O)N(C(=O)OC(C)(C)C)c1cnc(C2=CCCO2)c(C(F)(F)F)c1. The maximum atomic E-state index is 13.7. The Kier molecular flexibility index (Phi) is 6.39. The highest BCUT2D eigenvalue weighted by atomic mass is 19.4. The van der Waals surface area contributed by atoms with Gasteiger partial charge in [0.15, 0.2) is 0 Å². The van der Waals surface area contributed by atoms with Crippen molar-refractivity contribution in [3.63, 3.8) is 0 Å². The predicted octanol–water partition coefficient (Wildman–Crippen LogP) is 5.54. The van der Waals surface area contributed by atoms with Crippen molar-refractivity contribution in [3.8, 4) is 0 Å². The second-order valence-corrected chi connectivity index (χ2v) is 8.59. The molecular weight excluding hydrogens is 405 g/mol. The number of imide groups is 1. The molecule has 0 unspecified atom stereocenters. The van der Waals surface area contributed by atoms with Crippen LogP contribution in [0.4, 0.5) is 28.4 Å². The predicted molar refractivity (Wildman–Crippen MR) is 103 cm³/mol. The summed E-state index contributed by atoms with van der Waals surface area (Å²) in [5, 5.41) is 0. The lowest BCUT2D eigenvalue weighted by molar-refractivity contribution is -0.138. The van der Waals surface area contributed by atoms with Gasteiger partial charge in [-0.1, -0.05) is 0 Å². The van der Waals surface area contributed by atoms with Gasteiger partial charge in [0.25, 0.3) is 0 Å². The highest BCUT2D eigenvalue weighted by molar-refractivity contribution is 6.09. The number of carbonyl (C=O) groups excluding carboxylic acids is 2. The molecule has 30 heavy (non-hydrogen) atoms. The molecule has 0 saturated heterocycles. The van der Waals surface area contributed by atoms with Crippen LogP contribution in [0.1, 0.15) is 59.2 Å². The number of alkyl halides is 3. The Bertz CT molecular complexity index is 823. The van der Waals surface area contributed by atoms with Gasteiger partial charge in [0, 0.05) is 6.42 Å². The second-order valence-electron chi connectivity index (χ2n) is 8.59. The molecule has 0 bridgehead atoms. The molecule has 0 atom stereocenters. The number of pyridine rings is 1. The lowest BCUT2D eigenvalue weighted by Gasteiger charge is -2.29. The number of amides is 2. The average Bonchev–Trinajstić information content (AvgIpc) is 3.04. The highest BCUT2D eigenvalue weighted by Crippen LogP contribution is 2.38. The fourth-order valence-corrected chi connectivity index (χ4v) is 2.47. The van der Waals surface area contributed by atoms with Crippen molar-refractivity contribution >= 4 is 23.6 Å². The molecule has 166 valence electrons. The Hall–Kier alpha value is -2.78. The molecule has 2 amide bonds. The third kappa shape index (κ3) is 6.11. The zero-order chi connectivity index (χ0) is 22.9. The van der Waals surface area contributed by atoms with Crippen molar-refractivity contribution in [2.45, 2.75) is 65.3 Å². The summed E-state index contributed by atoms with van der Waals surface area (Å²) in [4.78, 5) is 29.5. The molecule has 0 aliphatic carbocycles. The summed E-state index contributed by atoms with van der Waals surface area (Å²) in [6, 6.07) is 0.651. The van der Waals surface area contributed by atoms with Gasteiger partial charge in [-0.3, -0.25) is 4.98 Å². The lowest BCUT2D eigenvalue weighted by atomic mass is 10.1. The number of rotatable bonds is 2. The third-order valence-corrected chi connectivity index (χ3v) is 3.53. The standard InChI is InChI=1S/C20H25F3N2O5/c1-18(2,3)29-16(26)25(17(27)30-19(4,5)6)12-10-13(20(21,22)23)15(24-11-12)14-8-7-9-28-14/h8,10-11H,7,9H2,1-6H3. The maximum absolute atomic E-state index is 13.7. The smallest absolute Gasteiger partial charge is 0.424 e. The summed E-state index contributed by atoms with van der Waals surface area (Å²) < 4.78 is 56.7. The first-order valence-electron chi connectivity index (χ1n) is 9.25. The summed E-state index contributed by atoms with van der Waals surface area (Å²) in [7, 11) is 0. The largest absolute Gasteiger partial charge is 0.491 e. The van der Waals surface area contributed by atoms with Gasteiger partial charge in [-0.15, -0.1) is 0 Å². The number of aromatic nitrogens is 1. The molecule has 10 heteroatoms. The van der Waals surface area contributed by atoms with Gasteiger partial charge in [-0.25, -0.2) is 9.59 Å². The van der Waals surface area contributed by atoms with E-state index in [2.05, 4.69) is 4.98 Å². The number of anilines is 1. The molecule has 0 N–H and O–H groups in total. The molecule has 2 rings (SSSR count). The van der Waals surface area contributed by atoms with Gasteiger partial charge in [-0.05, 0) is 53.7 Å². The third-order valence-electron chi connectivity index (χ3n) is 3.53. The Morgan fingerprint density at radius 1 is 1.03 bits per heavy atom. The van der Waals surface area contributed by atoms with Crippen molar-refractivity contribution < 1.29 is 37.0 Å². The minimum absolute atomic E-state index is 0.00467. The van der Waals surface area contributed by atoms with E-state index < -0.39 is 46.5 Å². The van der Waals surface area contributed by atoms with Gasteiger partial charge in [0.1, 0.15) is 22.7 Å². The van der Waals surface area contributed by atoms with Gasteiger partial charge < -0.3 is 14.2 Å². The maximum Gasteiger partial charge on any atom is 0.424 e. The molecule has 1 aliphatic rings. The quantitative estimate of drug-likeness (QED) is 0.613. The van der Waals surface area contributed by atoms with Crippen LogP contribution in [0.5, 0.6) is 0 Å². The molecule has 0 fully saturated rings. The van der Waals surface area contributed by atoms with Crippen LogP contribution in [0.2, 0.25) is 0 Å². The van der Waals surface area contributed by atoms with E-state index in [-0.39, 0.29) is 12.4 Å². The Morgan fingerprint density at radius 2 is 1.57 bits per heavy atom. The van der Waals surface area contributed by atoms with Crippen molar-refractivity contribution in [1.82, 2.24) is 4.98 Å². The topological polar surface area (TPSA) is 78.0 Å². The van der Waals surface area contributed by atoms with Crippen LogP contribution in [-0.4, -0.2) is 35.0 Å². The first-order chi connectivity index (χ1) is 13.6. The van der Waals surface area contributed by atoms with Crippen LogP contribution in [-0.2, 0) is 20.4 Å². The molecule has 1 aromatic rings. The van der Waals surface area contributed by atoms with Crippen molar-refractivity contribution in [2.75, 3.05) is 11.5 Å². The van der Waals surface area contributed by atoms with Gasteiger partial charge in [0.2, 0.25) is 0 Å². The molecule has 1 aromatic heterocycles. The number of hydrogen-bond acceptors (Lipinski definition) is 6. The second kappa shape index (κ2) is 8.16. The molecule has 7 nitrogen and oxygen atoms in total. The highest BCUT2D eigenvalue weighted by Gasteiger charge is 2.39. The average molecular weight is 430 g/mol. The summed E-state index contributed by atoms with van der Waals surface area (Å²) >= 11 is 0. The van der Waals surface area contributed by atoms with Crippen LogP contribution < -0.4 is 4.90 Å². The van der Waals surface area contributed by atoms with E-state index in [0.717, 1.165) is 6.20 Å². The lowest BCUT2D eigenvalue weighted by Crippen LogP contribution is -2.44. The zero-order valence-corrected chi connectivity index (χ0v) is 17.7. The van der Waals surface area contributed by atoms with E-state index in [1.807, 2.05) is 0 Å². The summed E-state index contributed by atoms with van der Waals surface area (Å²) in [6.07, 6.45) is -4.25. The summed E-state index contributed by atoms with van der Waals surface area (Å²) in [6.45, 7) is 9.61. The number of halogens is 3. The first-order valence-corrected chi connectivity index (χ1v) is 9.25. The normalized spacial score (nSPS) is 14.6. The number of carbonyl (C=O) groups is 2. The minimum Gasteiger partial charge on any atom is -0.491 e. The van der Waals surface area contributed by atoms with E-state index >= 15 is 0 Å².